The van der Waals surface area contributed by atoms with E-state index in [2.05, 4.69) is 24.6 Å². The number of halogens is 2. The molecule has 0 atom stereocenters. The maximum atomic E-state index is 12.6. The van der Waals surface area contributed by atoms with Crippen molar-refractivity contribution in [3.05, 3.63) is 60.7 Å². The molecule has 0 bridgehead atoms. The Bertz CT molecular complexity index is 1110. The van der Waals surface area contributed by atoms with Crippen LogP contribution in [0.3, 0.4) is 0 Å². The Morgan fingerprint density at radius 2 is 1.74 bits per heavy atom. The molecule has 0 aliphatic heterocycles. The fourth-order valence-electron chi connectivity index (χ4n) is 4.07. The number of benzene rings is 1. The van der Waals surface area contributed by atoms with Crippen molar-refractivity contribution in [2.75, 3.05) is 12.0 Å². The van der Waals surface area contributed by atoms with Gasteiger partial charge in [-0.05, 0) is 49.9 Å². The van der Waals surface area contributed by atoms with Gasteiger partial charge in [-0.1, -0.05) is 0 Å². The average molecular weight is 467 g/mol. The molecule has 1 aliphatic carbocycles. The van der Waals surface area contributed by atoms with E-state index >= 15 is 0 Å². The van der Waals surface area contributed by atoms with Crippen molar-refractivity contribution in [1.29, 1.82) is 5.26 Å². The molecule has 8 nitrogen and oxygen atoms in total. The number of rotatable bonds is 8. The zero-order chi connectivity index (χ0) is 23.9. The van der Waals surface area contributed by atoms with Crippen molar-refractivity contribution in [3.63, 3.8) is 0 Å². The van der Waals surface area contributed by atoms with Gasteiger partial charge in [-0.25, -0.2) is 9.97 Å². The zero-order valence-electron chi connectivity index (χ0n) is 18.5. The number of nitrogens with zero attached hydrogens (tertiary/aromatic N) is 5. The molecule has 2 aromatic heterocycles. The van der Waals surface area contributed by atoms with Crippen LogP contribution in [0.1, 0.15) is 31.2 Å². The van der Waals surface area contributed by atoms with Gasteiger partial charge in [0.2, 0.25) is 0 Å². The molecule has 2 heterocycles. The lowest BCUT2D eigenvalue weighted by Crippen LogP contribution is -2.37. The monoisotopic (exact) mass is 467 g/mol. The SMILES string of the molecule is COc1ccncc1N(c1ccc(OC(F)F)cc1)C1CCC(Oc2ncc(C#N)cn2)CC1. The third-order valence-corrected chi connectivity index (χ3v) is 5.62. The lowest BCUT2D eigenvalue weighted by molar-refractivity contribution is -0.0498. The van der Waals surface area contributed by atoms with Crippen LogP contribution in [0.25, 0.3) is 0 Å². The maximum Gasteiger partial charge on any atom is 0.387 e. The molecule has 1 fully saturated rings. The standard InChI is InChI=1S/C24H23F2N5O3/c1-32-22-10-11-28-15-21(22)31(17-2-6-19(7-3-17)33-23(25)26)18-4-8-20(9-5-18)34-24-29-13-16(12-27)14-30-24/h2-3,6-7,10-11,13-15,18,20,23H,4-5,8-9H2,1H3. The molecule has 10 heteroatoms. The smallest absolute Gasteiger partial charge is 0.387 e. The van der Waals surface area contributed by atoms with Gasteiger partial charge >= 0.3 is 12.6 Å². The summed E-state index contributed by atoms with van der Waals surface area (Å²) in [5, 5.41) is 8.88. The highest BCUT2D eigenvalue weighted by Gasteiger charge is 2.30. The first-order valence-corrected chi connectivity index (χ1v) is 10.8. The minimum atomic E-state index is -2.88. The van der Waals surface area contributed by atoms with Crippen LogP contribution in [-0.2, 0) is 0 Å². The Morgan fingerprint density at radius 1 is 1.03 bits per heavy atom. The summed E-state index contributed by atoms with van der Waals surface area (Å²) in [7, 11) is 1.60. The predicted octanol–water partition coefficient (Wildman–Crippen LogP) is 4.88. The highest BCUT2D eigenvalue weighted by atomic mass is 19.3. The van der Waals surface area contributed by atoms with Gasteiger partial charge < -0.3 is 19.1 Å². The summed E-state index contributed by atoms with van der Waals surface area (Å²) in [6.45, 7) is -2.88. The van der Waals surface area contributed by atoms with E-state index in [-0.39, 0.29) is 23.9 Å². The Balaban J connectivity index is 1.52. The molecule has 0 spiro atoms. The summed E-state index contributed by atoms with van der Waals surface area (Å²) in [4.78, 5) is 14.6. The molecular formula is C24H23F2N5O3. The zero-order valence-corrected chi connectivity index (χ0v) is 18.5. The number of pyridine rings is 1. The first-order chi connectivity index (χ1) is 16.6. The van der Waals surface area contributed by atoms with E-state index in [9.17, 15) is 8.78 Å². The van der Waals surface area contributed by atoms with Crippen molar-refractivity contribution in [1.82, 2.24) is 15.0 Å². The number of hydrogen-bond acceptors (Lipinski definition) is 8. The summed E-state index contributed by atoms with van der Waals surface area (Å²) in [5.41, 5.74) is 1.97. The van der Waals surface area contributed by atoms with Crippen LogP contribution in [0.4, 0.5) is 20.2 Å². The van der Waals surface area contributed by atoms with Gasteiger partial charge in [0.1, 0.15) is 29.4 Å². The molecular weight excluding hydrogens is 444 g/mol. The lowest BCUT2D eigenvalue weighted by Gasteiger charge is -2.38. The molecule has 1 saturated carbocycles. The molecule has 4 rings (SSSR count). The van der Waals surface area contributed by atoms with E-state index in [1.807, 2.05) is 6.07 Å². The van der Waals surface area contributed by atoms with Crippen LogP contribution in [-0.4, -0.2) is 40.8 Å². The number of nitriles is 1. The van der Waals surface area contributed by atoms with Gasteiger partial charge in [0, 0.05) is 24.0 Å². The summed E-state index contributed by atoms with van der Waals surface area (Å²) in [6, 6.07) is 10.7. The normalized spacial score (nSPS) is 17.6. The molecule has 0 saturated heterocycles. The highest BCUT2D eigenvalue weighted by molar-refractivity contribution is 5.69. The van der Waals surface area contributed by atoms with E-state index in [0.717, 1.165) is 37.1 Å². The van der Waals surface area contributed by atoms with Gasteiger partial charge in [-0.3, -0.25) is 4.98 Å². The van der Waals surface area contributed by atoms with E-state index < -0.39 is 6.61 Å². The van der Waals surface area contributed by atoms with Crippen molar-refractivity contribution >= 4 is 11.4 Å². The number of ether oxygens (including phenoxy) is 3. The first kappa shape index (κ1) is 23.2. The minimum Gasteiger partial charge on any atom is -0.494 e. The highest BCUT2D eigenvalue weighted by Crippen LogP contribution is 2.39. The molecule has 1 aliphatic rings. The third-order valence-electron chi connectivity index (χ3n) is 5.62. The molecule has 1 aromatic carbocycles. The van der Waals surface area contributed by atoms with E-state index in [4.69, 9.17) is 14.7 Å². The van der Waals surface area contributed by atoms with Crippen molar-refractivity contribution in [2.24, 2.45) is 0 Å². The molecule has 3 aromatic rings. The largest absolute Gasteiger partial charge is 0.494 e. The van der Waals surface area contributed by atoms with Crippen molar-refractivity contribution in [3.8, 4) is 23.6 Å². The van der Waals surface area contributed by atoms with Crippen LogP contribution in [0.2, 0.25) is 0 Å². The van der Waals surface area contributed by atoms with Gasteiger partial charge in [0.05, 0.1) is 31.3 Å². The maximum absolute atomic E-state index is 12.6. The summed E-state index contributed by atoms with van der Waals surface area (Å²) in [5.74, 6) is 0.753. The van der Waals surface area contributed by atoms with Crippen LogP contribution in [0, 0.1) is 11.3 Å². The van der Waals surface area contributed by atoms with Crippen LogP contribution >= 0.6 is 0 Å². The van der Waals surface area contributed by atoms with E-state index in [0.29, 0.717) is 11.3 Å². The summed E-state index contributed by atoms with van der Waals surface area (Å²) < 4.78 is 41.1. The van der Waals surface area contributed by atoms with Gasteiger partial charge in [0.25, 0.3) is 0 Å². The van der Waals surface area contributed by atoms with Gasteiger partial charge in [0.15, 0.2) is 0 Å². The second kappa shape index (κ2) is 10.7. The van der Waals surface area contributed by atoms with Crippen LogP contribution in [0.5, 0.6) is 17.5 Å². The number of alkyl halides is 2. The fraction of sp³-hybridized carbons (Fsp3) is 0.333. The quantitative estimate of drug-likeness (QED) is 0.463. The molecule has 34 heavy (non-hydrogen) atoms. The van der Waals surface area contributed by atoms with Crippen LogP contribution < -0.4 is 19.1 Å². The van der Waals surface area contributed by atoms with Crippen LogP contribution in [0.15, 0.2) is 55.1 Å². The number of hydrogen-bond donors (Lipinski definition) is 0. The fourth-order valence-corrected chi connectivity index (χ4v) is 4.07. The summed E-state index contributed by atoms with van der Waals surface area (Å²) >= 11 is 0. The number of aromatic nitrogens is 3. The number of anilines is 2. The summed E-state index contributed by atoms with van der Waals surface area (Å²) in [6.07, 6.45) is 9.33. The number of methoxy groups -OCH3 is 1. The third kappa shape index (κ3) is 5.49. The second-order valence-electron chi connectivity index (χ2n) is 7.70. The van der Waals surface area contributed by atoms with Crippen molar-refractivity contribution < 1.29 is 23.0 Å². The molecule has 0 N–H and O–H groups in total. The molecule has 0 amide bonds. The average Bonchev–Trinajstić information content (AvgIpc) is 2.87. The predicted molar refractivity (Wildman–Crippen MR) is 119 cm³/mol. The Hall–Kier alpha value is -4.00. The first-order valence-electron chi connectivity index (χ1n) is 10.8. The molecule has 0 radical (unpaired) electrons. The Morgan fingerprint density at radius 3 is 2.35 bits per heavy atom. The van der Waals surface area contributed by atoms with E-state index in [1.165, 1.54) is 24.5 Å². The van der Waals surface area contributed by atoms with Crippen molar-refractivity contribution in [2.45, 2.75) is 44.4 Å². The molecule has 0 unspecified atom stereocenters. The second-order valence-corrected chi connectivity index (χ2v) is 7.70. The topological polar surface area (TPSA) is 93.4 Å². The van der Waals surface area contributed by atoms with Gasteiger partial charge in [-0.15, -0.1) is 0 Å². The lowest BCUT2D eigenvalue weighted by atomic mass is 9.91. The minimum absolute atomic E-state index is 0.0522. The van der Waals surface area contributed by atoms with E-state index in [1.54, 1.807) is 37.7 Å². The Kier molecular flexibility index (Phi) is 7.32. The van der Waals surface area contributed by atoms with Gasteiger partial charge in [-0.2, -0.15) is 14.0 Å². The molecule has 176 valence electrons. The Labute approximate surface area is 195 Å².